The SMILES string of the molecule is CC1CN(C(=O)C2CC=CCC2)CC1N. The fourth-order valence-corrected chi connectivity index (χ4v) is 2.45. The molecule has 1 fully saturated rings. The lowest BCUT2D eigenvalue weighted by atomic mass is 9.93. The van der Waals surface area contributed by atoms with Crippen LogP contribution in [0, 0.1) is 11.8 Å². The summed E-state index contributed by atoms with van der Waals surface area (Å²) in [5.41, 5.74) is 5.93. The Morgan fingerprint density at radius 1 is 1.40 bits per heavy atom. The second-order valence-corrected chi connectivity index (χ2v) is 4.87. The second kappa shape index (κ2) is 4.35. The third-order valence-corrected chi connectivity index (χ3v) is 3.60. The molecule has 0 bridgehead atoms. The summed E-state index contributed by atoms with van der Waals surface area (Å²) in [6.45, 7) is 3.72. The van der Waals surface area contributed by atoms with Crippen LogP contribution in [0.3, 0.4) is 0 Å². The Kier molecular flexibility index (Phi) is 3.10. The predicted molar refractivity (Wildman–Crippen MR) is 60.2 cm³/mol. The zero-order valence-electron chi connectivity index (χ0n) is 9.36. The minimum Gasteiger partial charge on any atom is -0.341 e. The van der Waals surface area contributed by atoms with E-state index in [9.17, 15) is 4.79 Å². The van der Waals surface area contributed by atoms with Crippen LogP contribution in [0.1, 0.15) is 26.2 Å². The van der Waals surface area contributed by atoms with Crippen LogP contribution >= 0.6 is 0 Å². The lowest BCUT2D eigenvalue weighted by molar-refractivity contribution is -0.134. The van der Waals surface area contributed by atoms with E-state index in [1.165, 1.54) is 0 Å². The Labute approximate surface area is 91.3 Å². The molecule has 3 unspecified atom stereocenters. The average molecular weight is 208 g/mol. The molecule has 1 amide bonds. The number of amides is 1. The zero-order chi connectivity index (χ0) is 10.8. The number of carbonyl (C=O) groups is 1. The number of rotatable bonds is 1. The first-order chi connectivity index (χ1) is 7.18. The van der Waals surface area contributed by atoms with E-state index in [1.54, 1.807) is 0 Å². The average Bonchev–Trinajstić information content (AvgIpc) is 2.59. The first-order valence-corrected chi connectivity index (χ1v) is 5.88. The van der Waals surface area contributed by atoms with Crippen molar-refractivity contribution < 1.29 is 4.79 Å². The second-order valence-electron chi connectivity index (χ2n) is 4.87. The summed E-state index contributed by atoms with van der Waals surface area (Å²) in [5, 5.41) is 0. The molecule has 0 aromatic carbocycles. The normalized spacial score (nSPS) is 35.9. The van der Waals surface area contributed by atoms with Crippen molar-refractivity contribution in [3.63, 3.8) is 0 Å². The lowest BCUT2D eigenvalue weighted by Gasteiger charge is -2.24. The molecule has 0 radical (unpaired) electrons. The molecule has 2 N–H and O–H groups in total. The van der Waals surface area contributed by atoms with Gasteiger partial charge in [0.15, 0.2) is 0 Å². The molecule has 1 aliphatic carbocycles. The van der Waals surface area contributed by atoms with Gasteiger partial charge in [-0.25, -0.2) is 0 Å². The van der Waals surface area contributed by atoms with Gasteiger partial charge in [0.25, 0.3) is 0 Å². The highest BCUT2D eigenvalue weighted by atomic mass is 16.2. The van der Waals surface area contributed by atoms with E-state index in [2.05, 4.69) is 19.1 Å². The highest BCUT2D eigenvalue weighted by molar-refractivity contribution is 5.79. The van der Waals surface area contributed by atoms with E-state index < -0.39 is 0 Å². The Bertz CT molecular complexity index is 265. The fourth-order valence-electron chi connectivity index (χ4n) is 2.45. The molecular weight excluding hydrogens is 188 g/mol. The van der Waals surface area contributed by atoms with Gasteiger partial charge in [0.05, 0.1) is 0 Å². The smallest absolute Gasteiger partial charge is 0.226 e. The molecule has 0 aromatic heterocycles. The maximum absolute atomic E-state index is 12.1. The number of likely N-dealkylation sites (tertiary alicyclic amines) is 1. The molecule has 0 spiro atoms. The van der Waals surface area contributed by atoms with E-state index in [-0.39, 0.29) is 12.0 Å². The predicted octanol–water partition coefficient (Wildman–Crippen LogP) is 1.15. The van der Waals surface area contributed by atoms with Crippen LogP contribution in [-0.4, -0.2) is 29.9 Å². The largest absolute Gasteiger partial charge is 0.341 e. The van der Waals surface area contributed by atoms with Gasteiger partial charge in [0.2, 0.25) is 5.91 Å². The van der Waals surface area contributed by atoms with Crippen LogP contribution in [0.4, 0.5) is 0 Å². The monoisotopic (exact) mass is 208 g/mol. The van der Waals surface area contributed by atoms with Crippen molar-refractivity contribution in [3.8, 4) is 0 Å². The maximum atomic E-state index is 12.1. The minimum absolute atomic E-state index is 0.174. The minimum atomic E-state index is 0.174. The van der Waals surface area contributed by atoms with Crippen molar-refractivity contribution in [2.75, 3.05) is 13.1 Å². The molecule has 1 saturated heterocycles. The molecule has 15 heavy (non-hydrogen) atoms. The van der Waals surface area contributed by atoms with E-state index in [4.69, 9.17) is 5.73 Å². The van der Waals surface area contributed by atoms with Crippen LogP contribution in [0.2, 0.25) is 0 Å². The maximum Gasteiger partial charge on any atom is 0.226 e. The molecule has 0 saturated carbocycles. The van der Waals surface area contributed by atoms with E-state index in [1.807, 2.05) is 4.90 Å². The highest BCUT2D eigenvalue weighted by Gasteiger charge is 2.33. The van der Waals surface area contributed by atoms with E-state index >= 15 is 0 Å². The standard InChI is InChI=1S/C12H20N2O/c1-9-7-14(8-11(9)13)12(15)10-5-3-2-4-6-10/h2-3,9-11H,4-8,13H2,1H3. The molecule has 3 atom stereocenters. The van der Waals surface area contributed by atoms with Crippen LogP contribution in [0.15, 0.2) is 12.2 Å². The van der Waals surface area contributed by atoms with Crippen molar-refractivity contribution in [1.82, 2.24) is 4.90 Å². The Morgan fingerprint density at radius 2 is 2.20 bits per heavy atom. The summed E-state index contributed by atoms with van der Waals surface area (Å²) in [6.07, 6.45) is 7.27. The third kappa shape index (κ3) is 2.23. The molecule has 0 aromatic rings. The number of carbonyl (C=O) groups excluding carboxylic acids is 1. The van der Waals surface area contributed by atoms with Crippen molar-refractivity contribution >= 4 is 5.91 Å². The van der Waals surface area contributed by atoms with E-state index in [0.29, 0.717) is 11.8 Å². The Hall–Kier alpha value is -0.830. The number of hydrogen-bond acceptors (Lipinski definition) is 2. The van der Waals surface area contributed by atoms with E-state index in [0.717, 1.165) is 32.4 Å². The van der Waals surface area contributed by atoms with Gasteiger partial charge in [-0.15, -0.1) is 0 Å². The molecule has 1 heterocycles. The van der Waals surface area contributed by atoms with Gasteiger partial charge < -0.3 is 10.6 Å². The molecule has 2 rings (SSSR count). The topological polar surface area (TPSA) is 46.3 Å². The van der Waals surface area contributed by atoms with Gasteiger partial charge in [-0.1, -0.05) is 19.1 Å². The van der Waals surface area contributed by atoms with Crippen molar-refractivity contribution in [3.05, 3.63) is 12.2 Å². The lowest BCUT2D eigenvalue weighted by Crippen LogP contribution is -2.36. The zero-order valence-corrected chi connectivity index (χ0v) is 9.36. The number of allylic oxidation sites excluding steroid dienone is 2. The van der Waals surface area contributed by atoms with Crippen LogP contribution in [0.25, 0.3) is 0 Å². The summed E-state index contributed by atoms with van der Waals surface area (Å²) in [5.74, 6) is 0.986. The first kappa shape index (κ1) is 10.7. The van der Waals surface area contributed by atoms with Gasteiger partial charge >= 0.3 is 0 Å². The quantitative estimate of drug-likeness (QED) is 0.657. The number of nitrogens with zero attached hydrogens (tertiary/aromatic N) is 1. The van der Waals surface area contributed by atoms with Crippen molar-refractivity contribution in [2.24, 2.45) is 17.6 Å². The number of hydrogen-bond donors (Lipinski definition) is 1. The Balaban J connectivity index is 1.94. The molecule has 3 heteroatoms. The summed E-state index contributed by atoms with van der Waals surface area (Å²) in [7, 11) is 0. The van der Waals surface area contributed by atoms with Crippen molar-refractivity contribution in [2.45, 2.75) is 32.2 Å². The van der Waals surface area contributed by atoms with Gasteiger partial charge in [0.1, 0.15) is 0 Å². The van der Waals surface area contributed by atoms with Gasteiger partial charge in [0, 0.05) is 25.0 Å². The summed E-state index contributed by atoms with van der Waals surface area (Å²) < 4.78 is 0. The molecule has 1 aliphatic heterocycles. The summed E-state index contributed by atoms with van der Waals surface area (Å²) in [4.78, 5) is 14.1. The number of nitrogens with two attached hydrogens (primary N) is 1. The molecular formula is C12H20N2O. The summed E-state index contributed by atoms with van der Waals surface area (Å²) >= 11 is 0. The highest BCUT2D eigenvalue weighted by Crippen LogP contribution is 2.24. The van der Waals surface area contributed by atoms with Crippen LogP contribution in [-0.2, 0) is 4.79 Å². The fraction of sp³-hybridized carbons (Fsp3) is 0.750. The van der Waals surface area contributed by atoms with Crippen LogP contribution < -0.4 is 5.73 Å². The molecule has 2 aliphatic rings. The van der Waals surface area contributed by atoms with Gasteiger partial charge in [-0.05, 0) is 25.2 Å². The Morgan fingerprint density at radius 3 is 2.73 bits per heavy atom. The van der Waals surface area contributed by atoms with Crippen molar-refractivity contribution in [1.29, 1.82) is 0 Å². The third-order valence-electron chi connectivity index (χ3n) is 3.60. The summed E-state index contributed by atoms with van der Waals surface area (Å²) in [6, 6.07) is 0.174. The van der Waals surface area contributed by atoms with Gasteiger partial charge in [-0.3, -0.25) is 4.79 Å². The van der Waals surface area contributed by atoms with Gasteiger partial charge in [-0.2, -0.15) is 0 Å². The molecule has 3 nitrogen and oxygen atoms in total. The molecule has 84 valence electrons. The first-order valence-electron chi connectivity index (χ1n) is 5.88. The van der Waals surface area contributed by atoms with Crippen LogP contribution in [0.5, 0.6) is 0 Å².